The standard InChI is InChI=1S/C24H15BrF2N2O5/c25-16-9-12(26)10-17(27)19(16)29-23(32)21(31)18(20(30)11-4-3-5-13(28)8-11)22-14-6-1-2-7-15(14)24(33)34-22/h1-10,18,22H,28H2,(H,29,32)/t18-,22+/m1/s1. The van der Waals surface area contributed by atoms with Gasteiger partial charge in [-0.15, -0.1) is 0 Å². The van der Waals surface area contributed by atoms with Gasteiger partial charge < -0.3 is 15.8 Å². The van der Waals surface area contributed by atoms with Crippen LogP contribution in [0.4, 0.5) is 20.2 Å². The van der Waals surface area contributed by atoms with Crippen LogP contribution >= 0.6 is 15.9 Å². The number of Topliss-reactive ketones (excluding diaryl/α,β-unsaturated/α-hetero) is 2. The molecule has 0 saturated carbocycles. The number of nitrogens with one attached hydrogen (secondary N) is 1. The van der Waals surface area contributed by atoms with Crippen molar-refractivity contribution < 1.29 is 32.7 Å². The highest BCUT2D eigenvalue weighted by atomic mass is 79.9. The van der Waals surface area contributed by atoms with Gasteiger partial charge in [0.25, 0.3) is 5.91 Å². The van der Waals surface area contributed by atoms with Crippen LogP contribution in [0.3, 0.4) is 0 Å². The van der Waals surface area contributed by atoms with Crippen LogP contribution in [-0.2, 0) is 14.3 Å². The highest BCUT2D eigenvalue weighted by Gasteiger charge is 2.46. The number of fused-ring (bicyclic) bond motifs is 1. The fourth-order valence-corrected chi connectivity index (χ4v) is 4.17. The van der Waals surface area contributed by atoms with E-state index < -0.39 is 52.8 Å². The molecule has 7 nitrogen and oxygen atoms in total. The minimum Gasteiger partial charge on any atom is -0.453 e. The molecule has 0 saturated heterocycles. The first-order chi connectivity index (χ1) is 16.2. The molecule has 3 aromatic carbocycles. The topological polar surface area (TPSA) is 116 Å². The normalized spacial score (nSPS) is 15.3. The molecular weight excluding hydrogens is 514 g/mol. The van der Waals surface area contributed by atoms with Crippen LogP contribution < -0.4 is 11.1 Å². The Kier molecular flexibility index (Phi) is 6.25. The Bertz CT molecular complexity index is 1340. The predicted octanol–water partition coefficient (Wildman–Crippen LogP) is 4.23. The number of esters is 1. The molecule has 0 unspecified atom stereocenters. The molecule has 3 N–H and O–H groups in total. The molecule has 0 aliphatic carbocycles. The molecule has 0 fully saturated rings. The Morgan fingerprint density at radius 2 is 1.76 bits per heavy atom. The number of halogens is 3. The van der Waals surface area contributed by atoms with E-state index in [1.807, 2.05) is 0 Å². The van der Waals surface area contributed by atoms with Crippen LogP contribution in [0.1, 0.15) is 32.4 Å². The van der Waals surface area contributed by atoms with Crippen molar-refractivity contribution in [2.75, 3.05) is 11.1 Å². The largest absolute Gasteiger partial charge is 0.453 e. The molecule has 1 amide bonds. The van der Waals surface area contributed by atoms with Crippen molar-refractivity contribution in [2.24, 2.45) is 5.92 Å². The molecule has 34 heavy (non-hydrogen) atoms. The maximum absolute atomic E-state index is 14.2. The van der Waals surface area contributed by atoms with Crippen molar-refractivity contribution in [2.45, 2.75) is 6.10 Å². The third-order valence-corrected chi connectivity index (χ3v) is 5.85. The number of nitrogen functional groups attached to an aromatic ring is 1. The van der Waals surface area contributed by atoms with Gasteiger partial charge in [0.05, 0.1) is 11.3 Å². The van der Waals surface area contributed by atoms with E-state index in [1.165, 1.54) is 36.4 Å². The highest BCUT2D eigenvalue weighted by molar-refractivity contribution is 9.10. The summed E-state index contributed by atoms with van der Waals surface area (Å²) in [4.78, 5) is 51.8. The molecular formula is C24H15BrF2N2O5. The van der Waals surface area contributed by atoms with Gasteiger partial charge in [-0.05, 0) is 40.2 Å². The zero-order chi connectivity index (χ0) is 24.6. The SMILES string of the molecule is Nc1cccc(C(=O)[C@H](C(=O)C(=O)Nc2c(F)cc(F)cc2Br)[C@H]2OC(=O)c3ccccc32)c1. The zero-order valence-corrected chi connectivity index (χ0v) is 18.8. The quantitative estimate of drug-likeness (QED) is 0.162. The van der Waals surface area contributed by atoms with Crippen LogP contribution in [0.2, 0.25) is 0 Å². The third-order valence-electron chi connectivity index (χ3n) is 5.23. The number of ether oxygens (including phenoxy) is 1. The molecule has 1 heterocycles. The minimum atomic E-state index is -1.78. The highest BCUT2D eigenvalue weighted by Crippen LogP contribution is 2.38. The van der Waals surface area contributed by atoms with E-state index >= 15 is 0 Å². The summed E-state index contributed by atoms with van der Waals surface area (Å²) in [5, 5.41) is 2.07. The summed E-state index contributed by atoms with van der Waals surface area (Å²) in [6.07, 6.45) is -1.39. The zero-order valence-electron chi connectivity index (χ0n) is 17.2. The molecule has 0 bridgehead atoms. The first kappa shape index (κ1) is 23.2. The second kappa shape index (κ2) is 9.14. The van der Waals surface area contributed by atoms with Gasteiger partial charge in [0.1, 0.15) is 17.8 Å². The Balaban J connectivity index is 1.74. The first-order valence-corrected chi connectivity index (χ1v) is 10.7. The van der Waals surface area contributed by atoms with Gasteiger partial charge in [0.15, 0.2) is 11.6 Å². The number of rotatable bonds is 6. The van der Waals surface area contributed by atoms with Crippen LogP contribution in [-0.4, -0.2) is 23.4 Å². The maximum Gasteiger partial charge on any atom is 0.339 e. The van der Waals surface area contributed by atoms with Gasteiger partial charge in [-0.1, -0.05) is 30.3 Å². The lowest BCUT2D eigenvalue weighted by atomic mass is 9.84. The van der Waals surface area contributed by atoms with Gasteiger partial charge in [-0.25, -0.2) is 13.6 Å². The van der Waals surface area contributed by atoms with Gasteiger partial charge >= 0.3 is 5.97 Å². The molecule has 3 aromatic rings. The van der Waals surface area contributed by atoms with Crippen molar-refractivity contribution >= 4 is 50.7 Å². The summed E-state index contributed by atoms with van der Waals surface area (Å²) < 4.78 is 32.8. The van der Waals surface area contributed by atoms with Crippen molar-refractivity contribution in [3.63, 3.8) is 0 Å². The Morgan fingerprint density at radius 1 is 1.03 bits per heavy atom. The average Bonchev–Trinajstić information content (AvgIpc) is 3.12. The molecule has 0 aromatic heterocycles. The summed E-state index contributed by atoms with van der Waals surface area (Å²) >= 11 is 2.93. The van der Waals surface area contributed by atoms with E-state index in [2.05, 4.69) is 21.2 Å². The molecule has 1 aliphatic heterocycles. The number of cyclic esters (lactones) is 1. The second-order valence-electron chi connectivity index (χ2n) is 7.44. The van der Waals surface area contributed by atoms with E-state index in [0.29, 0.717) is 6.07 Å². The number of hydrogen-bond acceptors (Lipinski definition) is 6. The van der Waals surface area contributed by atoms with Crippen molar-refractivity contribution in [1.29, 1.82) is 0 Å². The molecule has 172 valence electrons. The fourth-order valence-electron chi connectivity index (χ4n) is 3.66. The summed E-state index contributed by atoms with van der Waals surface area (Å²) in [5.41, 5.74) is 5.92. The van der Waals surface area contributed by atoms with Crippen LogP contribution in [0.5, 0.6) is 0 Å². The summed E-state index contributed by atoms with van der Waals surface area (Å²) in [7, 11) is 0. The number of carbonyl (C=O) groups excluding carboxylic acids is 4. The lowest BCUT2D eigenvalue weighted by Crippen LogP contribution is -2.38. The third kappa shape index (κ3) is 4.32. The average molecular weight is 529 g/mol. The van der Waals surface area contributed by atoms with Crippen molar-refractivity contribution in [3.8, 4) is 0 Å². The van der Waals surface area contributed by atoms with Crippen LogP contribution in [0.25, 0.3) is 0 Å². The van der Waals surface area contributed by atoms with E-state index in [0.717, 1.165) is 6.07 Å². The Labute approximate surface area is 200 Å². The van der Waals surface area contributed by atoms with Gasteiger partial charge in [0.2, 0.25) is 5.78 Å². The summed E-state index contributed by atoms with van der Waals surface area (Å²) in [5.74, 6) is -8.03. The number of amides is 1. The number of benzene rings is 3. The van der Waals surface area contributed by atoms with E-state index in [4.69, 9.17) is 10.5 Å². The number of ketones is 2. The number of nitrogens with two attached hydrogens (primary N) is 1. The van der Waals surface area contributed by atoms with Crippen molar-refractivity contribution in [3.05, 3.63) is 93.5 Å². The lowest BCUT2D eigenvalue weighted by Gasteiger charge is -2.21. The molecule has 1 aliphatic rings. The van der Waals surface area contributed by atoms with Gasteiger partial charge in [-0.3, -0.25) is 14.4 Å². The summed E-state index contributed by atoms with van der Waals surface area (Å²) in [6.45, 7) is 0. The van der Waals surface area contributed by atoms with E-state index in [1.54, 1.807) is 12.1 Å². The van der Waals surface area contributed by atoms with Crippen LogP contribution in [0.15, 0.2) is 65.1 Å². The lowest BCUT2D eigenvalue weighted by molar-refractivity contribution is -0.138. The molecule has 0 spiro atoms. The number of hydrogen-bond donors (Lipinski definition) is 2. The maximum atomic E-state index is 14.2. The van der Waals surface area contributed by atoms with E-state index in [-0.39, 0.29) is 26.9 Å². The molecule has 0 radical (unpaired) electrons. The first-order valence-electron chi connectivity index (χ1n) is 9.86. The Hall–Kier alpha value is -3.92. The summed E-state index contributed by atoms with van der Waals surface area (Å²) in [6, 6.07) is 13.3. The molecule has 4 rings (SSSR count). The van der Waals surface area contributed by atoms with Crippen molar-refractivity contribution in [1.82, 2.24) is 0 Å². The van der Waals surface area contributed by atoms with Gasteiger partial charge in [0, 0.05) is 27.4 Å². The molecule has 10 heteroatoms. The molecule has 2 atom stereocenters. The predicted molar refractivity (Wildman–Crippen MR) is 121 cm³/mol. The minimum absolute atomic E-state index is 0.0146. The van der Waals surface area contributed by atoms with Gasteiger partial charge in [-0.2, -0.15) is 0 Å². The smallest absolute Gasteiger partial charge is 0.339 e. The fraction of sp³-hybridized carbons (Fsp3) is 0.0833. The monoisotopic (exact) mass is 528 g/mol. The Morgan fingerprint density at radius 3 is 2.47 bits per heavy atom. The second-order valence-corrected chi connectivity index (χ2v) is 8.30. The van der Waals surface area contributed by atoms with E-state index in [9.17, 15) is 28.0 Å². The number of anilines is 2. The van der Waals surface area contributed by atoms with Crippen LogP contribution in [0, 0.1) is 17.6 Å². The number of carbonyl (C=O) groups is 4.